The first-order chi connectivity index (χ1) is 14.6. The highest BCUT2D eigenvalue weighted by molar-refractivity contribution is 5.94. The van der Waals surface area contributed by atoms with Crippen LogP contribution >= 0.6 is 0 Å². The van der Waals surface area contributed by atoms with Gasteiger partial charge in [-0.15, -0.1) is 0 Å². The number of nitrogen functional groups attached to an aromatic ring is 1. The molecule has 3 aromatic rings. The lowest BCUT2D eigenvalue weighted by molar-refractivity contribution is 0.0204. The Hall–Kier alpha value is -3.16. The van der Waals surface area contributed by atoms with Crippen molar-refractivity contribution in [1.29, 1.82) is 0 Å². The molecule has 0 aliphatic carbocycles. The van der Waals surface area contributed by atoms with E-state index in [1.807, 2.05) is 26.8 Å². The van der Waals surface area contributed by atoms with Gasteiger partial charge < -0.3 is 20.4 Å². The van der Waals surface area contributed by atoms with Gasteiger partial charge in [-0.3, -0.25) is 0 Å². The van der Waals surface area contributed by atoms with Crippen molar-refractivity contribution in [3.63, 3.8) is 0 Å². The number of pyridine rings is 1. The van der Waals surface area contributed by atoms with Gasteiger partial charge in [-0.05, 0) is 57.4 Å². The Kier molecular flexibility index (Phi) is 5.33. The lowest BCUT2D eigenvalue weighted by Crippen LogP contribution is -2.41. The molecule has 1 aliphatic rings. The summed E-state index contributed by atoms with van der Waals surface area (Å²) in [5, 5.41) is 0.747. The number of piperidine rings is 1. The quantitative estimate of drug-likeness (QED) is 0.549. The number of hydrogen-bond acceptors (Lipinski definition) is 4. The number of nitrogens with one attached hydrogen (secondary N) is 1. The minimum Gasteiger partial charge on any atom is -0.444 e. The first kappa shape index (κ1) is 21.1. The Labute approximate surface area is 179 Å². The maximum atomic E-state index is 14.5. The van der Waals surface area contributed by atoms with Crippen LogP contribution in [-0.4, -0.2) is 39.7 Å². The SMILES string of the molecule is CC(C)(C)OC(=O)N1CCC(c2cc3c(-c4cc(N)c(F)cc4F)ccnc3[nH]2)CC1. The largest absolute Gasteiger partial charge is 0.444 e. The van der Waals surface area contributed by atoms with E-state index >= 15 is 0 Å². The molecule has 0 atom stereocenters. The number of carbonyl (C=O) groups excluding carboxylic acids is 1. The second-order valence-electron chi connectivity index (χ2n) is 8.94. The number of H-pyrrole nitrogens is 1. The number of likely N-dealkylation sites (tertiary alicyclic amines) is 1. The van der Waals surface area contributed by atoms with Crippen molar-refractivity contribution in [2.45, 2.75) is 45.1 Å². The molecule has 1 aromatic carbocycles. The summed E-state index contributed by atoms with van der Waals surface area (Å²) in [6.07, 6.45) is 2.84. The zero-order valence-electron chi connectivity index (χ0n) is 17.8. The molecule has 0 spiro atoms. The van der Waals surface area contributed by atoms with Gasteiger partial charge in [-0.25, -0.2) is 18.6 Å². The van der Waals surface area contributed by atoms with Crippen LogP contribution in [0.2, 0.25) is 0 Å². The normalized spacial score (nSPS) is 15.5. The number of fused-ring (bicyclic) bond motifs is 1. The highest BCUT2D eigenvalue weighted by Crippen LogP contribution is 2.35. The molecule has 1 aliphatic heterocycles. The molecule has 0 unspecified atom stereocenters. The molecule has 31 heavy (non-hydrogen) atoms. The van der Waals surface area contributed by atoms with Crippen LogP contribution in [0.1, 0.15) is 45.2 Å². The Morgan fingerprint density at radius 3 is 2.55 bits per heavy atom. The molecular weight excluding hydrogens is 402 g/mol. The van der Waals surface area contributed by atoms with Crippen molar-refractivity contribution in [3.8, 4) is 11.1 Å². The molecular formula is C23H26F2N4O2. The number of amides is 1. The molecule has 4 rings (SSSR count). The fraction of sp³-hybridized carbons (Fsp3) is 0.391. The minimum atomic E-state index is -0.780. The Balaban J connectivity index is 1.57. The maximum absolute atomic E-state index is 14.5. The number of hydrogen-bond donors (Lipinski definition) is 2. The highest BCUT2D eigenvalue weighted by atomic mass is 19.1. The van der Waals surface area contributed by atoms with Gasteiger partial charge in [0, 0.05) is 47.9 Å². The second kappa shape index (κ2) is 7.83. The molecule has 1 amide bonds. The van der Waals surface area contributed by atoms with E-state index in [-0.39, 0.29) is 23.3 Å². The van der Waals surface area contributed by atoms with Gasteiger partial charge in [-0.1, -0.05) is 0 Å². The summed E-state index contributed by atoms with van der Waals surface area (Å²) in [4.78, 5) is 21.7. The van der Waals surface area contributed by atoms with Crippen molar-refractivity contribution in [1.82, 2.24) is 14.9 Å². The Bertz CT molecular complexity index is 1130. The van der Waals surface area contributed by atoms with Gasteiger partial charge in [0.2, 0.25) is 0 Å². The van der Waals surface area contributed by atoms with E-state index in [2.05, 4.69) is 9.97 Å². The number of aromatic nitrogens is 2. The zero-order chi connectivity index (χ0) is 22.3. The van der Waals surface area contributed by atoms with Crippen LogP contribution in [-0.2, 0) is 4.74 Å². The number of ether oxygens (including phenoxy) is 1. The van der Waals surface area contributed by atoms with Crippen LogP contribution in [0, 0.1) is 11.6 Å². The topological polar surface area (TPSA) is 84.2 Å². The molecule has 0 saturated carbocycles. The van der Waals surface area contributed by atoms with Crippen LogP contribution in [0.3, 0.4) is 0 Å². The standard InChI is InChI=1S/C23H26F2N4O2/c1-23(2,3)31-22(30)29-8-5-13(6-9-29)20-11-16-14(4-7-27-21(16)28-20)15-10-19(26)18(25)12-17(15)24/h4,7,10-13H,5-6,8-9,26H2,1-3H3,(H,27,28). The number of nitrogens with two attached hydrogens (primary N) is 1. The van der Waals surface area contributed by atoms with E-state index in [1.165, 1.54) is 6.07 Å². The van der Waals surface area contributed by atoms with E-state index in [9.17, 15) is 13.6 Å². The third-order valence-corrected chi connectivity index (χ3v) is 5.52. The van der Waals surface area contributed by atoms with Gasteiger partial charge in [0.15, 0.2) is 0 Å². The minimum absolute atomic E-state index is 0.105. The first-order valence-electron chi connectivity index (χ1n) is 10.3. The monoisotopic (exact) mass is 428 g/mol. The molecule has 1 saturated heterocycles. The number of nitrogens with zero attached hydrogens (tertiary/aromatic N) is 2. The van der Waals surface area contributed by atoms with E-state index < -0.39 is 17.2 Å². The predicted molar refractivity (Wildman–Crippen MR) is 116 cm³/mol. The molecule has 2 aromatic heterocycles. The van der Waals surface area contributed by atoms with E-state index in [0.29, 0.717) is 24.3 Å². The lowest BCUT2D eigenvalue weighted by Gasteiger charge is -2.33. The summed E-state index contributed by atoms with van der Waals surface area (Å²) in [7, 11) is 0. The fourth-order valence-corrected chi connectivity index (χ4v) is 3.97. The van der Waals surface area contributed by atoms with E-state index in [4.69, 9.17) is 10.5 Å². The molecule has 164 valence electrons. The maximum Gasteiger partial charge on any atom is 0.410 e. The van der Waals surface area contributed by atoms with Crippen molar-refractivity contribution < 1.29 is 18.3 Å². The second-order valence-corrected chi connectivity index (χ2v) is 8.94. The molecule has 1 fully saturated rings. The van der Waals surface area contributed by atoms with Crippen LogP contribution in [0.5, 0.6) is 0 Å². The van der Waals surface area contributed by atoms with E-state index in [1.54, 1.807) is 17.2 Å². The summed E-state index contributed by atoms with van der Waals surface area (Å²) >= 11 is 0. The number of rotatable bonds is 2. The Morgan fingerprint density at radius 2 is 1.87 bits per heavy atom. The van der Waals surface area contributed by atoms with Crippen LogP contribution in [0.4, 0.5) is 19.3 Å². The number of carbonyl (C=O) groups is 1. The lowest BCUT2D eigenvalue weighted by atomic mass is 9.93. The van der Waals surface area contributed by atoms with Crippen LogP contribution < -0.4 is 5.73 Å². The molecule has 6 nitrogen and oxygen atoms in total. The molecule has 8 heteroatoms. The van der Waals surface area contributed by atoms with Gasteiger partial charge >= 0.3 is 6.09 Å². The number of halogens is 2. The van der Waals surface area contributed by atoms with Crippen molar-refractivity contribution in [3.05, 3.63) is 47.8 Å². The number of aromatic amines is 1. The predicted octanol–water partition coefficient (Wildman–Crippen LogP) is 5.20. The highest BCUT2D eigenvalue weighted by Gasteiger charge is 2.28. The molecule has 0 radical (unpaired) electrons. The average molecular weight is 428 g/mol. The van der Waals surface area contributed by atoms with E-state index in [0.717, 1.165) is 30.0 Å². The van der Waals surface area contributed by atoms with Crippen molar-refractivity contribution in [2.24, 2.45) is 0 Å². The molecule has 0 bridgehead atoms. The van der Waals surface area contributed by atoms with Crippen LogP contribution in [0.25, 0.3) is 22.2 Å². The number of anilines is 1. The third kappa shape index (κ3) is 4.33. The average Bonchev–Trinajstić information content (AvgIpc) is 3.14. The molecule has 3 heterocycles. The van der Waals surface area contributed by atoms with Crippen molar-refractivity contribution in [2.75, 3.05) is 18.8 Å². The summed E-state index contributed by atoms with van der Waals surface area (Å²) in [6, 6.07) is 5.77. The van der Waals surface area contributed by atoms with Gasteiger partial charge in [0.05, 0.1) is 5.69 Å². The molecule has 3 N–H and O–H groups in total. The van der Waals surface area contributed by atoms with Gasteiger partial charge in [-0.2, -0.15) is 0 Å². The summed E-state index contributed by atoms with van der Waals surface area (Å²) in [6.45, 7) is 6.75. The Morgan fingerprint density at radius 1 is 1.16 bits per heavy atom. The van der Waals surface area contributed by atoms with Gasteiger partial charge in [0.25, 0.3) is 0 Å². The van der Waals surface area contributed by atoms with Crippen LogP contribution in [0.15, 0.2) is 30.5 Å². The third-order valence-electron chi connectivity index (χ3n) is 5.52. The summed E-state index contributed by atoms with van der Waals surface area (Å²) < 4.78 is 33.5. The summed E-state index contributed by atoms with van der Waals surface area (Å²) in [5.74, 6) is -1.24. The smallest absolute Gasteiger partial charge is 0.410 e. The summed E-state index contributed by atoms with van der Waals surface area (Å²) in [5.41, 5.74) is 7.48. The zero-order valence-corrected chi connectivity index (χ0v) is 17.8. The number of benzene rings is 1. The van der Waals surface area contributed by atoms with Crippen molar-refractivity contribution >= 4 is 22.8 Å². The first-order valence-corrected chi connectivity index (χ1v) is 10.3. The van der Waals surface area contributed by atoms with Gasteiger partial charge in [0.1, 0.15) is 22.9 Å². The fourth-order valence-electron chi connectivity index (χ4n) is 3.97.